The molecule has 0 aliphatic heterocycles. The number of hydrogen-bond donors (Lipinski definition) is 1. The molecule has 0 bridgehead atoms. The minimum absolute atomic E-state index is 0.180. The molecule has 112 valence electrons. The van der Waals surface area contributed by atoms with Gasteiger partial charge in [0.25, 0.3) is 10.0 Å². The Kier molecular flexibility index (Phi) is 4.18. The first-order valence-electron chi connectivity index (χ1n) is 6.36. The van der Waals surface area contributed by atoms with E-state index in [1.54, 1.807) is 44.1 Å². The molecule has 0 aliphatic rings. The number of nitrogens with zero attached hydrogens (tertiary/aromatic N) is 1. The van der Waals surface area contributed by atoms with Crippen molar-refractivity contribution in [3.8, 4) is 0 Å². The summed E-state index contributed by atoms with van der Waals surface area (Å²) in [4.78, 5) is 1.90. The van der Waals surface area contributed by atoms with E-state index in [4.69, 9.17) is 0 Å². The fourth-order valence-electron chi connectivity index (χ4n) is 2.04. The standard InChI is InChI=1S/C15H17FN2O2S/c1-11-6-4-5-7-15(11)21(19,20)17-13-10-12(16)8-9-14(13)18(2)3/h4-10,17H,1-3H3. The Bertz CT molecular complexity index is 758. The zero-order chi connectivity index (χ0) is 15.6. The van der Waals surface area contributed by atoms with Gasteiger partial charge in [-0.15, -0.1) is 0 Å². The predicted octanol–water partition coefficient (Wildman–Crippen LogP) is 3.00. The van der Waals surface area contributed by atoms with Gasteiger partial charge in [0.1, 0.15) is 5.82 Å². The average Bonchev–Trinajstić information content (AvgIpc) is 2.38. The summed E-state index contributed by atoms with van der Waals surface area (Å²) in [5.74, 6) is -0.497. The molecule has 0 spiro atoms. The summed E-state index contributed by atoms with van der Waals surface area (Å²) in [5, 5.41) is 0. The lowest BCUT2D eigenvalue weighted by atomic mass is 10.2. The number of sulfonamides is 1. The van der Waals surface area contributed by atoms with Gasteiger partial charge >= 0.3 is 0 Å². The first-order chi connectivity index (χ1) is 9.81. The average molecular weight is 308 g/mol. The van der Waals surface area contributed by atoms with E-state index >= 15 is 0 Å². The lowest BCUT2D eigenvalue weighted by molar-refractivity contribution is 0.600. The fourth-order valence-corrected chi connectivity index (χ4v) is 3.35. The normalized spacial score (nSPS) is 11.2. The van der Waals surface area contributed by atoms with Crippen LogP contribution in [0.25, 0.3) is 0 Å². The van der Waals surface area contributed by atoms with Crippen molar-refractivity contribution in [3.63, 3.8) is 0 Å². The zero-order valence-electron chi connectivity index (χ0n) is 12.1. The number of nitrogens with one attached hydrogen (secondary N) is 1. The van der Waals surface area contributed by atoms with Gasteiger partial charge < -0.3 is 4.90 Å². The SMILES string of the molecule is Cc1ccccc1S(=O)(=O)Nc1cc(F)ccc1N(C)C. The summed E-state index contributed by atoms with van der Waals surface area (Å²) < 4.78 is 40.8. The maximum absolute atomic E-state index is 13.4. The van der Waals surface area contributed by atoms with Crippen LogP contribution in [0.2, 0.25) is 0 Å². The molecule has 0 saturated carbocycles. The molecule has 1 N–H and O–H groups in total. The molecule has 4 nitrogen and oxygen atoms in total. The molecule has 0 aliphatic carbocycles. The van der Waals surface area contributed by atoms with Crippen LogP contribution in [0.4, 0.5) is 15.8 Å². The van der Waals surface area contributed by atoms with Gasteiger partial charge in [-0.2, -0.15) is 0 Å². The second kappa shape index (κ2) is 5.73. The maximum atomic E-state index is 13.4. The van der Waals surface area contributed by atoms with E-state index in [-0.39, 0.29) is 10.6 Å². The van der Waals surface area contributed by atoms with Gasteiger partial charge in [-0.05, 0) is 30.7 Å². The minimum Gasteiger partial charge on any atom is -0.376 e. The van der Waals surface area contributed by atoms with Crippen molar-refractivity contribution in [1.82, 2.24) is 0 Å². The lowest BCUT2D eigenvalue weighted by Crippen LogP contribution is -2.18. The van der Waals surface area contributed by atoms with Crippen molar-refractivity contribution in [2.45, 2.75) is 11.8 Å². The molecule has 0 unspecified atom stereocenters. The Morgan fingerprint density at radius 1 is 1.10 bits per heavy atom. The highest BCUT2D eigenvalue weighted by Gasteiger charge is 2.18. The smallest absolute Gasteiger partial charge is 0.262 e. The first kappa shape index (κ1) is 15.3. The van der Waals surface area contributed by atoms with E-state index in [1.807, 2.05) is 0 Å². The molecule has 2 aromatic carbocycles. The largest absolute Gasteiger partial charge is 0.376 e. The monoisotopic (exact) mass is 308 g/mol. The van der Waals surface area contributed by atoms with Gasteiger partial charge in [-0.25, -0.2) is 12.8 Å². The summed E-state index contributed by atoms with van der Waals surface area (Å²) in [5.41, 5.74) is 1.43. The van der Waals surface area contributed by atoms with Crippen molar-refractivity contribution >= 4 is 21.4 Å². The predicted molar refractivity (Wildman–Crippen MR) is 82.7 cm³/mol. The van der Waals surface area contributed by atoms with Crippen LogP contribution in [0.1, 0.15) is 5.56 Å². The molecule has 6 heteroatoms. The third-order valence-electron chi connectivity index (χ3n) is 3.07. The minimum atomic E-state index is -3.76. The summed E-state index contributed by atoms with van der Waals surface area (Å²) >= 11 is 0. The van der Waals surface area contributed by atoms with E-state index in [0.29, 0.717) is 11.3 Å². The van der Waals surface area contributed by atoms with Gasteiger partial charge in [-0.3, -0.25) is 4.72 Å². The Morgan fingerprint density at radius 3 is 2.38 bits per heavy atom. The summed E-state index contributed by atoms with van der Waals surface area (Å²) in [7, 11) is -0.235. The van der Waals surface area contributed by atoms with Gasteiger partial charge in [-0.1, -0.05) is 18.2 Å². The molecule has 0 saturated heterocycles. The number of aryl methyl sites for hydroxylation is 1. The number of halogens is 1. The van der Waals surface area contributed by atoms with Crippen molar-refractivity contribution in [3.05, 3.63) is 53.8 Å². The maximum Gasteiger partial charge on any atom is 0.262 e. The number of hydrogen-bond acceptors (Lipinski definition) is 3. The highest BCUT2D eigenvalue weighted by Crippen LogP contribution is 2.28. The molecular formula is C15H17FN2O2S. The Hall–Kier alpha value is -2.08. The number of benzene rings is 2. The van der Waals surface area contributed by atoms with Gasteiger partial charge in [0.15, 0.2) is 0 Å². The second-order valence-corrected chi connectivity index (χ2v) is 6.58. The first-order valence-corrected chi connectivity index (χ1v) is 7.85. The molecule has 0 aromatic heterocycles. The Morgan fingerprint density at radius 2 is 1.76 bits per heavy atom. The van der Waals surface area contributed by atoms with E-state index in [9.17, 15) is 12.8 Å². The molecule has 2 rings (SSSR count). The number of anilines is 2. The van der Waals surface area contributed by atoms with Crippen molar-refractivity contribution in [1.29, 1.82) is 0 Å². The van der Waals surface area contributed by atoms with Gasteiger partial charge in [0, 0.05) is 20.2 Å². The van der Waals surface area contributed by atoms with Crippen LogP contribution >= 0.6 is 0 Å². The van der Waals surface area contributed by atoms with Crippen molar-refractivity contribution < 1.29 is 12.8 Å². The van der Waals surface area contributed by atoms with Crippen LogP contribution < -0.4 is 9.62 Å². The van der Waals surface area contributed by atoms with Crippen LogP contribution in [0.5, 0.6) is 0 Å². The Labute approximate surface area is 124 Å². The molecule has 2 aromatic rings. The topological polar surface area (TPSA) is 49.4 Å². The zero-order valence-corrected chi connectivity index (χ0v) is 12.9. The molecular weight excluding hydrogens is 291 g/mol. The van der Waals surface area contributed by atoms with Crippen LogP contribution in [0, 0.1) is 12.7 Å². The van der Waals surface area contributed by atoms with Crippen LogP contribution in [-0.2, 0) is 10.0 Å². The van der Waals surface area contributed by atoms with Gasteiger partial charge in [0.05, 0.1) is 16.3 Å². The summed E-state index contributed by atoms with van der Waals surface area (Å²) in [6, 6.07) is 10.7. The highest BCUT2D eigenvalue weighted by atomic mass is 32.2. The quantitative estimate of drug-likeness (QED) is 0.944. The second-order valence-electron chi connectivity index (χ2n) is 4.93. The third kappa shape index (κ3) is 3.33. The van der Waals surface area contributed by atoms with E-state index in [1.165, 1.54) is 24.3 Å². The molecule has 21 heavy (non-hydrogen) atoms. The van der Waals surface area contributed by atoms with Gasteiger partial charge in [0.2, 0.25) is 0 Å². The number of rotatable bonds is 4. The molecule has 0 amide bonds. The molecule has 0 fully saturated rings. The van der Waals surface area contributed by atoms with Crippen LogP contribution in [-0.4, -0.2) is 22.5 Å². The van der Waals surface area contributed by atoms with Crippen LogP contribution in [0.15, 0.2) is 47.4 Å². The van der Waals surface area contributed by atoms with Crippen molar-refractivity contribution in [2.75, 3.05) is 23.7 Å². The molecule has 0 heterocycles. The lowest BCUT2D eigenvalue weighted by Gasteiger charge is -2.19. The fraction of sp³-hybridized carbons (Fsp3) is 0.200. The van der Waals surface area contributed by atoms with E-state index < -0.39 is 15.8 Å². The van der Waals surface area contributed by atoms with E-state index in [0.717, 1.165) is 0 Å². The third-order valence-corrected chi connectivity index (χ3v) is 4.59. The van der Waals surface area contributed by atoms with Crippen LogP contribution in [0.3, 0.4) is 0 Å². The van der Waals surface area contributed by atoms with E-state index in [2.05, 4.69) is 4.72 Å². The summed E-state index contributed by atoms with van der Waals surface area (Å²) in [6.07, 6.45) is 0. The molecule has 0 radical (unpaired) electrons. The van der Waals surface area contributed by atoms with Crippen molar-refractivity contribution in [2.24, 2.45) is 0 Å². The Balaban J connectivity index is 2.47. The molecule has 0 atom stereocenters. The summed E-state index contributed by atoms with van der Waals surface area (Å²) in [6.45, 7) is 1.72. The highest BCUT2D eigenvalue weighted by molar-refractivity contribution is 7.92.